The molecule has 1 aromatic rings. The first-order valence-corrected chi connectivity index (χ1v) is 9.07. The maximum atomic E-state index is 11.9. The lowest BCUT2D eigenvalue weighted by atomic mass is 10.1. The summed E-state index contributed by atoms with van der Waals surface area (Å²) in [5.41, 5.74) is 0.853. The van der Waals surface area contributed by atoms with Crippen LogP contribution >= 0.6 is 11.8 Å². The number of hydrogen-bond acceptors (Lipinski definition) is 4. The van der Waals surface area contributed by atoms with E-state index in [0.717, 1.165) is 24.2 Å². The van der Waals surface area contributed by atoms with Crippen molar-refractivity contribution in [1.82, 2.24) is 5.32 Å². The highest BCUT2D eigenvalue weighted by Gasteiger charge is 2.21. The molecule has 5 nitrogen and oxygen atoms in total. The lowest BCUT2D eigenvalue weighted by Crippen LogP contribution is -2.33. The van der Waals surface area contributed by atoms with Crippen molar-refractivity contribution in [3.05, 3.63) is 29.8 Å². The molecule has 1 saturated heterocycles. The normalized spacial score (nSPS) is 19.6. The molecule has 0 aromatic heterocycles. The predicted molar refractivity (Wildman–Crippen MR) is 79.8 cm³/mol. The first-order valence-electron chi connectivity index (χ1n) is 6.48. The van der Waals surface area contributed by atoms with Gasteiger partial charge in [0.1, 0.15) is 0 Å². The summed E-state index contributed by atoms with van der Waals surface area (Å²) >= 11 is 1.70. The van der Waals surface area contributed by atoms with Gasteiger partial charge in [0, 0.05) is 6.54 Å². The quantitative estimate of drug-likeness (QED) is 0.875. The van der Waals surface area contributed by atoms with Gasteiger partial charge in [0.05, 0.1) is 10.1 Å². The summed E-state index contributed by atoms with van der Waals surface area (Å²) in [5.74, 6) is 1.10. The Morgan fingerprint density at radius 2 is 2.00 bits per heavy atom. The highest BCUT2D eigenvalue weighted by molar-refractivity contribution is 8.00. The third-order valence-corrected chi connectivity index (χ3v) is 5.50. The van der Waals surface area contributed by atoms with Crippen LogP contribution in [0.1, 0.15) is 24.8 Å². The summed E-state index contributed by atoms with van der Waals surface area (Å²) in [4.78, 5) is 12.0. The highest BCUT2D eigenvalue weighted by Crippen LogP contribution is 2.25. The van der Waals surface area contributed by atoms with Crippen LogP contribution in [-0.2, 0) is 21.4 Å². The Balaban J connectivity index is 1.89. The van der Waals surface area contributed by atoms with Gasteiger partial charge in [0.15, 0.2) is 0 Å². The number of nitrogens with one attached hydrogen (secondary N) is 1. The number of benzene rings is 1. The van der Waals surface area contributed by atoms with Gasteiger partial charge in [-0.1, -0.05) is 18.6 Å². The van der Waals surface area contributed by atoms with Crippen molar-refractivity contribution < 1.29 is 13.2 Å². The monoisotopic (exact) mass is 314 g/mol. The molecular weight excluding hydrogens is 296 g/mol. The van der Waals surface area contributed by atoms with Crippen LogP contribution in [0.4, 0.5) is 0 Å². The van der Waals surface area contributed by atoms with Crippen molar-refractivity contribution >= 4 is 27.7 Å². The lowest BCUT2D eigenvalue weighted by molar-refractivity contribution is -0.120. The average molecular weight is 314 g/mol. The molecule has 1 heterocycles. The fourth-order valence-corrected chi connectivity index (χ4v) is 3.79. The van der Waals surface area contributed by atoms with Crippen LogP contribution in [0.2, 0.25) is 0 Å². The third-order valence-electron chi connectivity index (χ3n) is 3.19. The first kappa shape index (κ1) is 15.3. The van der Waals surface area contributed by atoms with E-state index in [-0.39, 0.29) is 16.1 Å². The van der Waals surface area contributed by atoms with Crippen molar-refractivity contribution in [2.75, 3.05) is 5.75 Å². The Labute approximate surface area is 123 Å². The van der Waals surface area contributed by atoms with Gasteiger partial charge in [0.25, 0.3) is 0 Å². The SMILES string of the molecule is NS(=O)(=O)c1ccc(CNC(=O)C2CCCCS2)cc1. The zero-order chi connectivity index (χ0) is 14.6. The van der Waals surface area contributed by atoms with Crippen LogP contribution in [0.15, 0.2) is 29.2 Å². The zero-order valence-corrected chi connectivity index (χ0v) is 12.7. The molecule has 110 valence electrons. The van der Waals surface area contributed by atoms with Gasteiger partial charge in [-0.05, 0) is 36.3 Å². The van der Waals surface area contributed by atoms with E-state index in [1.807, 2.05) is 0 Å². The Bertz CT molecular complexity index is 564. The number of nitrogens with two attached hydrogens (primary N) is 1. The number of carbonyl (C=O) groups excluding carboxylic acids is 1. The van der Waals surface area contributed by atoms with E-state index in [0.29, 0.717) is 6.54 Å². The summed E-state index contributed by atoms with van der Waals surface area (Å²) in [6.45, 7) is 0.404. The predicted octanol–water partition coefficient (Wildman–Crippen LogP) is 1.24. The molecule has 1 atom stereocenters. The van der Waals surface area contributed by atoms with Gasteiger partial charge >= 0.3 is 0 Å². The molecule has 1 aromatic carbocycles. The second kappa shape index (κ2) is 6.60. The summed E-state index contributed by atoms with van der Waals surface area (Å²) in [6.07, 6.45) is 3.22. The van der Waals surface area contributed by atoms with Gasteiger partial charge in [-0.25, -0.2) is 13.6 Å². The molecule has 7 heteroatoms. The van der Waals surface area contributed by atoms with Crippen LogP contribution in [0.3, 0.4) is 0 Å². The summed E-state index contributed by atoms with van der Waals surface area (Å²) in [6, 6.07) is 6.22. The molecule has 3 N–H and O–H groups in total. The number of primary sulfonamides is 1. The third kappa shape index (κ3) is 4.22. The number of hydrogen-bond donors (Lipinski definition) is 2. The summed E-state index contributed by atoms with van der Waals surface area (Å²) < 4.78 is 22.2. The topological polar surface area (TPSA) is 89.3 Å². The van der Waals surface area contributed by atoms with Gasteiger partial charge in [-0.2, -0.15) is 0 Å². The van der Waals surface area contributed by atoms with E-state index in [1.54, 1.807) is 23.9 Å². The summed E-state index contributed by atoms with van der Waals surface area (Å²) in [7, 11) is -3.66. The minimum atomic E-state index is -3.66. The van der Waals surface area contributed by atoms with E-state index in [2.05, 4.69) is 5.32 Å². The first-order chi connectivity index (χ1) is 9.47. The molecule has 0 aliphatic carbocycles. The second-order valence-electron chi connectivity index (χ2n) is 4.76. The molecule has 20 heavy (non-hydrogen) atoms. The number of thioether (sulfide) groups is 1. The second-order valence-corrected chi connectivity index (χ2v) is 7.63. The van der Waals surface area contributed by atoms with Crippen LogP contribution in [0.25, 0.3) is 0 Å². The van der Waals surface area contributed by atoms with Gasteiger partial charge < -0.3 is 5.32 Å². The minimum absolute atomic E-state index is 0.0486. The molecular formula is C13H18N2O3S2. The Morgan fingerprint density at radius 1 is 1.30 bits per heavy atom. The molecule has 1 unspecified atom stereocenters. The fraction of sp³-hybridized carbons (Fsp3) is 0.462. The molecule has 1 fully saturated rings. The van der Waals surface area contributed by atoms with E-state index >= 15 is 0 Å². The zero-order valence-electron chi connectivity index (χ0n) is 11.0. The van der Waals surface area contributed by atoms with Crippen molar-refractivity contribution in [3.63, 3.8) is 0 Å². The van der Waals surface area contributed by atoms with Gasteiger partial charge in [0.2, 0.25) is 15.9 Å². The van der Waals surface area contributed by atoms with Crippen LogP contribution < -0.4 is 10.5 Å². The maximum absolute atomic E-state index is 11.9. The largest absolute Gasteiger partial charge is 0.351 e. The number of carbonyl (C=O) groups is 1. The molecule has 1 amide bonds. The number of amides is 1. The standard InChI is InChI=1S/C13H18N2O3S2/c14-20(17,18)11-6-4-10(5-7-11)9-15-13(16)12-3-1-2-8-19-12/h4-7,12H,1-3,8-9H2,(H,15,16)(H2,14,17,18). The Hall–Kier alpha value is -1.05. The van der Waals surface area contributed by atoms with Crippen LogP contribution in [0, 0.1) is 0 Å². The maximum Gasteiger partial charge on any atom is 0.238 e. The molecule has 1 aliphatic heterocycles. The molecule has 0 bridgehead atoms. The minimum Gasteiger partial charge on any atom is -0.351 e. The molecule has 0 radical (unpaired) electrons. The van der Waals surface area contributed by atoms with E-state index in [9.17, 15) is 13.2 Å². The van der Waals surface area contributed by atoms with E-state index < -0.39 is 10.0 Å². The van der Waals surface area contributed by atoms with E-state index in [4.69, 9.17) is 5.14 Å². The van der Waals surface area contributed by atoms with Crippen molar-refractivity contribution in [1.29, 1.82) is 0 Å². The Morgan fingerprint density at radius 3 is 2.55 bits per heavy atom. The van der Waals surface area contributed by atoms with Crippen molar-refractivity contribution in [2.45, 2.75) is 36.0 Å². The molecule has 0 saturated carbocycles. The molecule has 2 rings (SSSR count). The highest BCUT2D eigenvalue weighted by atomic mass is 32.2. The fourth-order valence-electron chi connectivity index (χ4n) is 2.05. The van der Waals surface area contributed by atoms with Gasteiger partial charge in [-0.3, -0.25) is 4.79 Å². The smallest absolute Gasteiger partial charge is 0.238 e. The van der Waals surface area contributed by atoms with Crippen LogP contribution in [-0.4, -0.2) is 25.3 Å². The Kier molecular flexibility index (Phi) is 5.06. The van der Waals surface area contributed by atoms with E-state index in [1.165, 1.54) is 18.6 Å². The molecule has 1 aliphatic rings. The summed E-state index contributed by atoms with van der Waals surface area (Å²) in [5, 5.41) is 7.96. The lowest BCUT2D eigenvalue weighted by Gasteiger charge is -2.20. The average Bonchev–Trinajstić information content (AvgIpc) is 2.45. The molecule has 0 spiro atoms. The van der Waals surface area contributed by atoms with Crippen LogP contribution in [0.5, 0.6) is 0 Å². The van der Waals surface area contributed by atoms with Crippen molar-refractivity contribution in [3.8, 4) is 0 Å². The number of sulfonamides is 1. The van der Waals surface area contributed by atoms with Gasteiger partial charge in [-0.15, -0.1) is 11.8 Å². The number of rotatable bonds is 4. The van der Waals surface area contributed by atoms with Crippen molar-refractivity contribution in [2.24, 2.45) is 5.14 Å².